The number of fused-ring (bicyclic) bond motifs is 4. The molecule has 1 spiro atoms. The Balaban J connectivity index is 1.18. The summed E-state index contributed by atoms with van der Waals surface area (Å²) in [6, 6.07) is 64.7. The molecule has 51 heavy (non-hydrogen) atoms. The van der Waals surface area contributed by atoms with Gasteiger partial charge >= 0.3 is 0 Å². The first-order valence-electron chi connectivity index (χ1n) is 17.8. The van der Waals surface area contributed by atoms with Gasteiger partial charge in [-0.2, -0.15) is 0 Å². The van der Waals surface area contributed by atoms with Crippen LogP contribution in [0, 0.1) is 0 Å². The summed E-state index contributed by atoms with van der Waals surface area (Å²) in [5.41, 5.74) is 15.9. The summed E-state index contributed by atoms with van der Waals surface area (Å²) < 4.78 is 0. The second-order valence-electron chi connectivity index (χ2n) is 13.6. The maximum absolute atomic E-state index is 2.51. The zero-order chi connectivity index (χ0) is 33.8. The molecule has 0 saturated carbocycles. The standard InChI is InChI=1S/C49H35NS/c1-3-11-34(12-4-1)36-19-25-39(26-20-36)50(40-27-21-37(22-28-40)35-13-5-2-6-14-35)41-29-32-44-43-15-7-8-16-45(43)49(47(44)33-41)38-23-30-42(31-24-38)51-48-18-10-9-17-46(48)49/h1-30,32-33,42H,31H2. The van der Waals surface area contributed by atoms with Gasteiger partial charge in [-0.1, -0.05) is 152 Å². The minimum absolute atomic E-state index is 0.409. The summed E-state index contributed by atoms with van der Waals surface area (Å²) in [6.45, 7) is 0. The molecule has 7 aromatic rings. The second-order valence-corrected chi connectivity index (χ2v) is 14.9. The Morgan fingerprint density at radius 2 is 1.00 bits per heavy atom. The van der Waals surface area contributed by atoms with Crippen LogP contribution in [0.5, 0.6) is 0 Å². The van der Waals surface area contributed by atoms with Crippen molar-refractivity contribution < 1.29 is 0 Å². The Morgan fingerprint density at radius 1 is 0.471 bits per heavy atom. The first-order valence-corrected chi connectivity index (χ1v) is 18.7. The van der Waals surface area contributed by atoms with Gasteiger partial charge in [-0.3, -0.25) is 0 Å². The normalized spacial score (nSPS) is 18.0. The zero-order valence-electron chi connectivity index (χ0n) is 28.1. The lowest BCUT2D eigenvalue weighted by Gasteiger charge is -2.40. The van der Waals surface area contributed by atoms with Crippen LogP contribution in [0.1, 0.15) is 23.1 Å². The molecular weight excluding hydrogens is 635 g/mol. The molecule has 2 atom stereocenters. The maximum Gasteiger partial charge on any atom is 0.0721 e. The Bertz CT molecular complexity index is 2380. The van der Waals surface area contributed by atoms with E-state index >= 15 is 0 Å². The molecule has 242 valence electrons. The lowest BCUT2D eigenvalue weighted by molar-refractivity contribution is 0.729. The van der Waals surface area contributed by atoms with E-state index in [1.807, 2.05) is 11.8 Å². The molecule has 7 aromatic carbocycles. The summed E-state index contributed by atoms with van der Waals surface area (Å²) in [4.78, 5) is 3.79. The van der Waals surface area contributed by atoms with Crippen LogP contribution >= 0.6 is 11.8 Å². The number of rotatable bonds is 5. The minimum atomic E-state index is -0.409. The molecule has 0 radical (unpaired) electrons. The van der Waals surface area contributed by atoms with Crippen molar-refractivity contribution in [3.63, 3.8) is 0 Å². The second kappa shape index (κ2) is 12.2. The number of benzene rings is 7. The van der Waals surface area contributed by atoms with E-state index in [1.54, 1.807) is 0 Å². The van der Waals surface area contributed by atoms with Crippen LogP contribution in [0.4, 0.5) is 17.1 Å². The fourth-order valence-electron chi connectivity index (χ4n) is 8.49. The third kappa shape index (κ3) is 4.86. The van der Waals surface area contributed by atoms with E-state index in [2.05, 4.69) is 199 Å². The Labute approximate surface area is 304 Å². The van der Waals surface area contributed by atoms with Gasteiger partial charge in [0, 0.05) is 27.2 Å². The number of nitrogens with zero attached hydrogens (tertiary/aromatic N) is 1. The molecule has 2 aliphatic heterocycles. The van der Waals surface area contributed by atoms with Crippen molar-refractivity contribution in [2.45, 2.75) is 22.0 Å². The van der Waals surface area contributed by atoms with Gasteiger partial charge in [0.1, 0.15) is 0 Å². The van der Waals surface area contributed by atoms with Crippen molar-refractivity contribution in [1.29, 1.82) is 0 Å². The van der Waals surface area contributed by atoms with Crippen LogP contribution in [-0.2, 0) is 5.41 Å². The molecule has 0 aromatic heterocycles. The van der Waals surface area contributed by atoms with E-state index in [4.69, 9.17) is 0 Å². The van der Waals surface area contributed by atoms with Gasteiger partial charge in [0.05, 0.1) is 5.41 Å². The van der Waals surface area contributed by atoms with Gasteiger partial charge in [-0.05, 0) is 105 Å². The van der Waals surface area contributed by atoms with Crippen LogP contribution in [-0.4, -0.2) is 5.25 Å². The highest BCUT2D eigenvalue weighted by Gasteiger charge is 2.49. The highest BCUT2D eigenvalue weighted by Crippen LogP contribution is 2.61. The van der Waals surface area contributed by atoms with Gasteiger partial charge in [-0.15, -0.1) is 11.8 Å². The van der Waals surface area contributed by atoms with Gasteiger partial charge in [0.25, 0.3) is 0 Å². The number of allylic oxidation sites excluding steroid dienone is 3. The van der Waals surface area contributed by atoms with Crippen LogP contribution in [0.25, 0.3) is 33.4 Å². The molecule has 0 fully saturated rings. The van der Waals surface area contributed by atoms with Crippen LogP contribution in [0.2, 0.25) is 0 Å². The van der Waals surface area contributed by atoms with Crippen molar-refractivity contribution in [3.05, 3.63) is 216 Å². The van der Waals surface area contributed by atoms with E-state index in [0.29, 0.717) is 5.25 Å². The number of anilines is 3. The quantitative estimate of drug-likeness (QED) is 0.179. The van der Waals surface area contributed by atoms with E-state index in [9.17, 15) is 0 Å². The van der Waals surface area contributed by atoms with Crippen LogP contribution in [0.15, 0.2) is 205 Å². The molecule has 2 bridgehead atoms. The first kappa shape index (κ1) is 30.0. The predicted octanol–water partition coefficient (Wildman–Crippen LogP) is 13.2. The maximum atomic E-state index is 2.51. The monoisotopic (exact) mass is 669 g/mol. The summed E-state index contributed by atoms with van der Waals surface area (Å²) >= 11 is 2.00. The minimum Gasteiger partial charge on any atom is -0.310 e. The molecule has 11 rings (SSSR count). The fraction of sp³-hybridized carbons (Fsp3) is 0.0612. The summed E-state index contributed by atoms with van der Waals surface area (Å²) in [6.07, 6.45) is 8.39. The molecule has 0 N–H and O–H groups in total. The molecule has 2 heterocycles. The average molecular weight is 670 g/mol. The summed E-state index contributed by atoms with van der Waals surface area (Å²) in [7, 11) is 0. The SMILES string of the molecule is C1=CC2CC=C1C1(c3ccccc3S2)c2ccccc2-c2ccc(N(c3ccc(-c4ccccc4)cc3)c3ccc(-c4ccccc4)cc3)cc21. The summed E-state index contributed by atoms with van der Waals surface area (Å²) in [5, 5.41) is 0.461. The number of thioether (sulfide) groups is 1. The fourth-order valence-corrected chi connectivity index (χ4v) is 9.67. The van der Waals surface area contributed by atoms with Gasteiger partial charge in [0.2, 0.25) is 0 Å². The van der Waals surface area contributed by atoms with Gasteiger partial charge in [0.15, 0.2) is 0 Å². The predicted molar refractivity (Wildman–Crippen MR) is 215 cm³/mol. The number of hydrogen-bond acceptors (Lipinski definition) is 2. The van der Waals surface area contributed by atoms with Crippen molar-refractivity contribution in [3.8, 4) is 33.4 Å². The molecule has 4 aliphatic rings. The summed E-state index contributed by atoms with van der Waals surface area (Å²) in [5.74, 6) is 0. The molecule has 0 amide bonds. The third-order valence-corrected chi connectivity index (χ3v) is 12.1. The van der Waals surface area contributed by atoms with E-state index < -0.39 is 5.41 Å². The van der Waals surface area contributed by atoms with Crippen molar-refractivity contribution in [2.75, 3.05) is 4.90 Å². The highest BCUT2D eigenvalue weighted by molar-refractivity contribution is 8.00. The Kier molecular flexibility index (Phi) is 7.18. The van der Waals surface area contributed by atoms with E-state index in [1.165, 1.54) is 60.5 Å². The average Bonchev–Trinajstić information content (AvgIpc) is 3.49. The van der Waals surface area contributed by atoms with Crippen LogP contribution < -0.4 is 4.90 Å². The molecule has 2 heteroatoms. The smallest absolute Gasteiger partial charge is 0.0721 e. The lowest BCUT2D eigenvalue weighted by Crippen LogP contribution is -2.32. The largest absolute Gasteiger partial charge is 0.310 e. The van der Waals surface area contributed by atoms with Gasteiger partial charge in [-0.25, -0.2) is 0 Å². The van der Waals surface area contributed by atoms with Crippen molar-refractivity contribution in [1.82, 2.24) is 0 Å². The Hall–Kier alpha value is -5.83. The molecule has 0 saturated heterocycles. The third-order valence-electron chi connectivity index (χ3n) is 10.8. The highest BCUT2D eigenvalue weighted by atomic mass is 32.2. The topological polar surface area (TPSA) is 3.24 Å². The molecule has 2 aliphatic carbocycles. The number of hydrogen-bond donors (Lipinski definition) is 0. The van der Waals surface area contributed by atoms with Crippen LogP contribution in [0.3, 0.4) is 0 Å². The zero-order valence-corrected chi connectivity index (χ0v) is 28.9. The van der Waals surface area contributed by atoms with E-state index in [-0.39, 0.29) is 0 Å². The van der Waals surface area contributed by atoms with Gasteiger partial charge < -0.3 is 4.90 Å². The lowest BCUT2D eigenvalue weighted by atomic mass is 9.66. The molecular formula is C49H35NS. The van der Waals surface area contributed by atoms with E-state index in [0.717, 1.165) is 23.5 Å². The molecule has 2 unspecified atom stereocenters. The Morgan fingerprint density at radius 3 is 1.63 bits per heavy atom. The van der Waals surface area contributed by atoms with Crippen molar-refractivity contribution in [2.24, 2.45) is 0 Å². The molecule has 1 nitrogen and oxygen atoms in total. The van der Waals surface area contributed by atoms with Crippen molar-refractivity contribution >= 4 is 28.8 Å². The first-order chi connectivity index (χ1) is 25.3.